The van der Waals surface area contributed by atoms with Gasteiger partial charge >= 0.3 is 0 Å². The summed E-state index contributed by atoms with van der Waals surface area (Å²) in [5.74, 6) is -0.381. The summed E-state index contributed by atoms with van der Waals surface area (Å²) in [6.45, 7) is 6.01. The molecule has 0 aromatic heterocycles. The second-order valence-corrected chi connectivity index (χ2v) is 4.63. The fourth-order valence-corrected chi connectivity index (χ4v) is 1.81. The Balaban J connectivity index is 2.52. The second kappa shape index (κ2) is 5.30. The molecule has 0 bridgehead atoms. The van der Waals surface area contributed by atoms with Crippen LogP contribution in [0.1, 0.15) is 27.2 Å². The van der Waals surface area contributed by atoms with E-state index in [1.807, 2.05) is 13.8 Å². The number of rotatable bonds is 4. The van der Waals surface area contributed by atoms with Crippen molar-refractivity contribution >= 4 is 11.8 Å². The minimum atomic E-state index is -0.274. The van der Waals surface area contributed by atoms with Gasteiger partial charge in [-0.3, -0.25) is 9.59 Å². The molecule has 0 aromatic carbocycles. The van der Waals surface area contributed by atoms with Gasteiger partial charge in [-0.25, -0.2) is 0 Å². The summed E-state index contributed by atoms with van der Waals surface area (Å²) in [5.41, 5.74) is 0. The van der Waals surface area contributed by atoms with Crippen LogP contribution in [-0.2, 0) is 9.59 Å². The molecule has 0 radical (unpaired) electrons. The predicted molar refractivity (Wildman–Crippen MR) is 59.6 cm³/mol. The number of aliphatic hydroxyl groups excluding tert-OH is 1. The first-order chi connectivity index (χ1) is 7.45. The van der Waals surface area contributed by atoms with Gasteiger partial charge in [0.25, 0.3) is 0 Å². The van der Waals surface area contributed by atoms with Crippen molar-refractivity contribution in [2.24, 2.45) is 5.92 Å². The summed E-state index contributed by atoms with van der Waals surface area (Å²) in [4.78, 5) is 25.0. The smallest absolute Gasteiger partial charge is 0.225 e. The molecule has 1 saturated heterocycles. The summed E-state index contributed by atoms with van der Waals surface area (Å²) in [6.07, 6.45) is 0.280. The van der Waals surface area contributed by atoms with Gasteiger partial charge < -0.3 is 15.3 Å². The third kappa shape index (κ3) is 2.95. The molecule has 5 heteroatoms. The zero-order chi connectivity index (χ0) is 12.3. The number of hydrogen-bond acceptors (Lipinski definition) is 3. The van der Waals surface area contributed by atoms with E-state index in [0.29, 0.717) is 6.54 Å². The Kier molecular flexibility index (Phi) is 4.29. The maximum Gasteiger partial charge on any atom is 0.225 e. The number of likely N-dealkylation sites (tertiary alicyclic amines) is 1. The van der Waals surface area contributed by atoms with E-state index < -0.39 is 0 Å². The molecular weight excluding hydrogens is 208 g/mol. The number of aliphatic hydroxyl groups is 1. The molecule has 92 valence electrons. The highest BCUT2D eigenvalue weighted by Crippen LogP contribution is 2.20. The van der Waals surface area contributed by atoms with Gasteiger partial charge in [-0.15, -0.1) is 0 Å². The van der Waals surface area contributed by atoms with Crippen molar-refractivity contribution in [3.8, 4) is 0 Å². The summed E-state index contributed by atoms with van der Waals surface area (Å²) in [5, 5.41) is 11.5. The normalized spacial score (nSPS) is 22.7. The van der Waals surface area contributed by atoms with E-state index in [-0.39, 0.29) is 42.8 Å². The van der Waals surface area contributed by atoms with E-state index in [9.17, 15) is 9.59 Å². The van der Waals surface area contributed by atoms with Gasteiger partial charge in [0.2, 0.25) is 11.8 Å². The number of nitrogens with zero attached hydrogens (tertiary/aromatic N) is 1. The largest absolute Gasteiger partial charge is 0.394 e. The molecule has 0 aliphatic carbocycles. The molecule has 1 heterocycles. The zero-order valence-corrected chi connectivity index (χ0v) is 10.1. The molecule has 1 aliphatic heterocycles. The molecule has 2 N–H and O–H groups in total. The quantitative estimate of drug-likeness (QED) is 0.696. The number of carbonyl (C=O) groups excluding carboxylic acids is 2. The molecule has 0 saturated carbocycles. The summed E-state index contributed by atoms with van der Waals surface area (Å²) < 4.78 is 0. The van der Waals surface area contributed by atoms with Crippen molar-refractivity contribution < 1.29 is 14.7 Å². The Labute approximate surface area is 95.8 Å². The van der Waals surface area contributed by atoms with E-state index in [1.165, 1.54) is 0 Å². The SMILES string of the molecule is CC(C)N1CC(C(=O)N[C@@H](C)CO)CC1=O. The molecular formula is C11H20N2O3. The van der Waals surface area contributed by atoms with Crippen LogP contribution >= 0.6 is 0 Å². The van der Waals surface area contributed by atoms with Crippen molar-refractivity contribution in [1.29, 1.82) is 0 Å². The summed E-state index contributed by atoms with van der Waals surface area (Å²) >= 11 is 0. The first kappa shape index (κ1) is 13.0. The zero-order valence-electron chi connectivity index (χ0n) is 10.1. The first-order valence-electron chi connectivity index (χ1n) is 5.66. The van der Waals surface area contributed by atoms with E-state index >= 15 is 0 Å². The van der Waals surface area contributed by atoms with Crippen molar-refractivity contribution in [2.45, 2.75) is 39.3 Å². The van der Waals surface area contributed by atoms with E-state index in [0.717, 1.165) is 0 Å². The predicted octanol–water partition coefficient (Wildman–Crippen LogP) is -0.260. The molecule has 1 aliphatic rings. The summed E-state index contributed by atoms with van der Waals surface area (Å²) in [7, 11) is 0. The maximum atomic E-state index is 11.7. The van der Waals surface area contributed by atoms with Gasteiger partial charge in [-0.1, -0.05) is 0 Å². The number of amides is 2. The van der Waals surface area contributed by atoms with Crippen LogP contribution in [0.4, 0.5) is 0 Å². The molecule has 1 fully saturated rings. The van der Waals surface area contributed by atoms with Crippen LogP contribution in [0, 0.1) is 5.92 Å². The van der Waals surface area contributed by atoms with Crippen molar-refractivity contribution in [3.63, 3.8) is 0 Å². The average Bonchev–Trinajstić information content (AvgIpc) is 2.60. The third-order valence-electron chi connectivity index (χ3n) is 2.82. The number of hydrogen-bond donors (Lipinski definition) is 2. The Morgan fingerprint density at radius 1 is 1.56 bits per heavy atom. The molecule has 1 unspecified atom stereocenters. The Morgan fingerprint density at radius 3 is 2.62 bits per heavy atom. The molecule has 2 atom stereocenters. The van der Waals surface area contributed by atoms with Gasteiger partial charge in [0.1, 0.15) is 0 Å². The maximum absolute atomic E-state index is 11.7. The van der Waals surface area contributed by atoms with Gasteiger partial charge in [-0.05, 0) is 20.8 Å². The van der Waals surface area contributed by atoms with Crippen molar-refractivity contribution in [1.82, 2.24) is 10.2 Å². The Hall–Kier alpha value is -1.10. The fourth-order valence-electron chi connectivity index (χ4n) is 1.81. The average molecular weight is 228 g/mol. The number of nitrogens with one attached hydrogen (secondary N) is 1. The van der Waals surface area contributed by atoms with Gasteiger partial charge in [0.05, 0.1) is 12.5 Å². The number of carbonyl (C=O) groups is 2. The highest BCUT2D eigenvalue weighted by Gasteiger charge is 2.35. The molecule has 1 rings (SSSR count). The summed E-state index contributed by atoms with van der Waals surface area (Å²) in [6, 6.07) is -0.115. The molecule has 2 amide bonds. The highest BCUT2D eigenvalue weighted by atomic mass is 16.3. The van der Waals surface area contributed by atoms with Crippen LogP contribution in [0.25, 0.3) is 0 Å². The lowest BCUT2D eigenvalue weighted by Crippen LogP contribution is -2.40. The molecule has 0 aromatic rings. The van der Waals surface area contributed by atoms with Crippen LogP contribution in [-0.4, -0.2) is 47.1 Å². The van der Waals surface area contributed by atoms with E-state index in [2.05, 4.69) is 5.32 Å². The third-order valence-corrected chi connectivity index (χ3v) is 2.82. The molecule has 16 heavy (non-hydrogen) atoms. The second-order valence-electron chi connectivity index (χ2n) is 4.63. The van der Waals surface area contributed by atoms with E-state index in [1.54, 1.807) is 11.8 Å². The van der Waals surface area contributed by atoms with Crippen LogP contribution < -0.4 is 5.32 Å². The molecule has 0 spiro atoms. The monoisotopic (exact) mass is 228 g/mol. The van der Waals surface area contributed by atoms with Crippen LogP contribution in [0.15, 0.2) is 0 Å². The van der Waals surface area contributed by atoms with Gasteiger partial charge in [-0.2, -0.15) is 0 Å². The lowest BCUT2D eigenvalue weighted by molar-refractivity contribution is -0.130. The first-order valence-corrected chi connectivity index (χ1v) is 5.66. The highest BCUT2D eigenvalue weighted by molar-refractivity contribution is 5.89. The fraction of sp³-hybridized carbons (Fsp3) is 0.818. The Bertz CT molecular complexity index is 278. The van der Waals surface area contributed by atoms with Crippen molar-refractivity contribution in [2.75, 3.05) is 13.2 Å². The topological polar surface area (TPSA) is 69.6 Å². The molecule has 5 nitrogen and oxygen atoms in total. The van der Waals surface area contributed by atoms with Crippen LogP contribution in [0.3, 0.4) is 0 Å². The lowest BCUT2D eigenvalue weighted by Gasteiger charge is -2.21. The lowest BCUT2D eigenvalue weighted by atomic mass is 10.1. The van der Waals surface area contributed by atoms with E-state index in [4.69, 9.17) is 5.11 Å². The van der Waals surface area contributed by atoms with Crippen molar-refractivity contribution in [3.05, 3.63) is 0 Å². The van der Waals surface area contributed by atoms with Gasteiger partial charge in [0, 0.05) is 25.0 Å². The van der Waals surface area contributed by atoms with Crippen LogP contribution in [0.2, 0.25) is 0 Å². The van der Waals surface area contributed by atoms with Gasteiger partial charge in [0.15, 0.2) is 0 Å². The van der Waals surface area contributed by atoms with Crippen LogP contribution in [0.5, 0.6) is 0 Å². The minimum Gasteiger partial charge on any atom is -0.394 e. The minimum absolute atomic E-state index is 0.0341. The Morgan fingerprint density at radius 2 is 2.19 bits per heavy atom. The standard InChI is InChI=1S/C11H20N2O3/c1-7(2)13-5-9(4-10(13)15)11(16)12-8(3)6-14/h7-9,14H,4-6H2,1-3H3,(H,12,16)/t8-,9?/m0/s1.